The number of benzene rings is 1. The highest BCUT2D eigenvalue weighted by Gasteiger charge is 2.21. The van der Waals surface area contributed by atoms with Crippen molar-refractivity contribution in [3.63, 3.8) is 0 Å². The van der Waals surface area contributed by atoms with Gasteiger partial charge in [0.15, 0.2) is 0 Å². The fourth-order valence-electron chi connectivity index (χ4n) is 1.16. The van der Waals surface area contributed by atoms with Crippen molar-refractivity contribution in [2.24, 2.45) is 0 Å². The lowest BCUT2D eigenvalue weighted by Gasteiger charge is -2.03. The molecule has 0 aliphatic carbocycles. The van der Waals surface area contributed by atoms with Crippen molar-refractivity contribution in [3.8, 4) is 6.07 Å². The molecule has 0 amide bonds. The predicted molar refractivity (Wildman–Crippen MR) is 57.6 cm³/mol. The van der Waals surface area contributed by atoms with Gasteiger partial charge >= 0.3 is 0 Å². The molecule has 0 heterocycles. The average molecular weight is 221 g/mol. The van der Waals surface area contributed by atoms with Gasteiger partial charge in [0.2, 0.25) is 9.84 Å². The van der Waals surface area contributed by atoms with Gasteiger partial charge in [-0.05, 0) is 31.6 Å². The fourth-order valence-corrected chi connectivity index (χ4v) is 2.57. The van der Waals surface area contributed by atoms with E-state index in [9.17, 15) is 8.42 Å². The topological polar surface area (TPSA) is 57.9 Å². The number of nitriles is 1. The van der Waals surface area contributed by atoms with Crippen LogP contribution in [0.5, 0.6) is 0 Å². The quantitative estimate of drug-likeness (QED) is 0.720. The normalized spacial score (nSPS) is 10.5. The summed E-state index contributed by atoms with van der Waals surface area (Å²) in [6.07, 6.45) is 0. The van der Waals surface area contributed by atoms with E-state index in [-0.39, 0.29) is 9.80 Å². The van der Waals surface area contributed by atoms with Gasteiger partial charge in [0.1, 0.15) is 11.0 Å². The predicted octanol–water partition coefficient (Wildman–Crippen LogP) is 2.28. The van der Waals surface area contributed by atoms with Gasteiger partial charge in [0.25, 0.3) is 0 Å². The van der Waals surface area contributed by atoms with Crippen molar-refractivity contribution in [1.82, 2.24) is 0 Å². The van der Waals surface area contributed by atoms with Crippen molar-refractivity contribution < 1.29 is 8.42 Å². The molecule has 0 saturated heterocycles. The van der Waals surface area contributed by atoms with Crippen LogP contribution in [0.15, 0.2) is 45.7 Å². The van der Waals surface area contributed by atoms with Crippen LogP contribution in [0.25, 0.3) is 0 Å². The van der Waals surface area contributed by atoms with Crippen molar-refractivity contribution in [2.75, 3.05) is 0 Å². The Labute approximate surface area is 89.6 Å². The first-order valence-corrected chi connectivity index (χ1v) is 5.86. The van der Waals surface area contributed by atoms with E-state index in [1.165, 1.54) is 12.1 Å². The van der Waals surface area contributed by atoms with Gasteiger partial charge < -0.3 is 0 Å². The Morgan fingerprint density at radius 1 is 1.20 bits per heavy atom. The van der Waals surface area contributed by atoms with Gasteiger partial charge in [-0.25, -0.2) is 8.42 Å². The SMILES string of the molecule is CC(C)=C(C#N)S(=O)(=O)c1ccccc1. The summed E-state index contributed by atoms with van der Waals surface area (Å²) < 4.78 is 23.8. The second kappa shape index (κ2) is 4.28. The molecule has 15 heavy (non-hydrogen) atoms. The molecule has 78 valence electrons. The number of nitrogens with zero attached hydrogens (tertiary/aromatic N) is 1. The van der Waals surface area contributed by atoms with Gasteiger partial charge in [-0.15, -0.1) is 0 Å². The number of allylic oxidation sites excluding steroid dienone is 2. The summed E-state index contributed by atoms with van der Waals surface area (Å²) in [5.41, 5.74) is 0.501. The van der Waals surface area contributed by atoms with E-state index in [4.69, 9.17) is 5.26 Å². The van der Waals surface area contributed by atoms with Crippen LogP contribution in [0.2, 0.25) is 0 Å². The number of sulfone groups is 1. The third kappa shape index (κ3) is 2.25. The molecule has 0 atom stereocenters. The van der Waals surface area contributed by atoms with Crippen molar-refractivity contribution in [1.29, 1.82) is 5.26 Å². The monoisotopic (exact) mass is 221 g/mol. The Morgan fingerprint density at radius 3 is 2.13 bits per heavy atom. The van der Waals surface area contributed by atoms with Gasteiger partial charge in [-0.1, -0.05) is 18.2 Å². The third-order valence-corrected chi connectivity index (χ3v) is 3.81. The molecule has 4 heteroatoms. The average Bonchev–Trinajstić information content (AvgIpc) is 2.19. The number of hydrogen-bond donors (Lipinski definition) is 0. The molecule has 0 saturated carbocycles. The lowest BCUT2D eigenvalue weighted by molar-refractivity contribution is 0.603. The summed E-state index contributed by atoms with van der Waals surface area (Å²) in [5, 5.41) is 8.81. The zero-order valence-corrected chi connectivity index (χ0v) is 9.38. The smallest absolute Gasteiger partial charge is 0.216 e. The molecule has 0 N–H and O–H groups in total. The molecular weight excluding hydrogens is 210 g/mol. The van der Waals surface area contributed by atoms with Gasteiger partial charge in [0.05, 0.1) is 4.90 Å². The van der Waals surface area contributed by atoms with E-state index in [1.807, 2.05) is 0 Å². The van der Waals surface area contributed by atoms with Crippen LogP contribution < -0.4 is 0 Å². The zero-order valence-electron chi connectivity index (χ0n) is 8.56. The summed E-state index contributed by atoms with van der Waals surface area (Å²) in [7, 11) is -3.63. The lowest BCUT2D eigenvalue weighted by atomic mass is 10.3. The maximum atomic E-state index is 11.9. The Hall–Kier alpha value is -1.60. The van der Waals surface area contributed by atoms with Crippen LogP contribution in [-0.4, -0.2) is 8.42 Å². The summed E-state index contributed by atoms with van der Waals surface area (Å²) in [6.45, 7) is 3.22. The molecule has 1 rings (SSSR count). The minimum Gasteiger partial charge on any atom is -0.218 e. The minimum absolute atomic E-state index is 0.155. The fraction of sp³-hybridized carbons (Fsp3) is 0.182. The van der Waals surface area contributed by atoms with Crippen molar-refractivity contribution in [3.05, 3.63) is 40.8 Å². The molecule has 0 aliphatic heterocycles. The minimum atomic E-state index is -3.63. The Kier molecular flexibility index (Phi) is 3.28. The third-order valence-electron chi connectivity index (χ3n) is 1.88. The molecule has 0 aromatic heterocycles. The second-order valence-electron chi connectivity index (χ2n) is 3.26. The molecule has 0 spiro atoms. The van der Waals surface area contributed by atoms with E-state index >= 15 is 0 Å². The highest BCUT2D eigenvalue weighted by molar-refractivity contribution is 7.95. The van der Waals surface area contributed by atoms with Crippen LogP contribution in [0.4, 0.5) is 0 Å². The molecule has 0 bridgehead atoms. The summed E-state index contributed by atoms with van der Waals surface area (Å²) in [4.78, 5) is -0.0172. The maximum absolute atomic E-state index is 11.9. The summed E-state index contributed by atoms with van der Waals surface area (Å²) in [5.74, 6) is 0. The van der Waals surface area contributed by atoms with E-state index in [0.717, 1.165) is 0 Å². The molecule has 1 aromatic rings. The standard InChI is InChI=1S/C11H11NO2S/c1-9(2)11(8-12)15(13,14)10-6-4-3-5-7-10/h3-7H,1-2H3. The Bertz CT molecular complexity index is 517. The maximum Gasteiger partial charge on any atom is 0.216 e. The van der Waals surface area contributed by atoms with Crippen molar-refractivity contribution >= 4 is 9.84 Å². The van der Waals surface area contributed by atoms with E-state index in [0.29, 0.717) is 5.57 Å². The molecule has 0 aliphatic rings. The van der Waals surface area contributed by atoms with Gasteiger partial charge in [-0.3, -0.25) is 0 Å². The molecular formula is C11H11NO2S. The number of hydrogen-bond acceptors (Lipinski definition) is 3. The van der Waals surface area contributed by atoms with E-state index in [2.05, 4.69) is 0 Å². The van der Waals surface area contributed by atoms with Crippen LogP contribution in [0, 0.1) is 11.3 Å². The first kappa shape index (κ1) is 11.5. The number of rotatable bonds is 2. The van der Waals surface area contributed by atoms with Crippen LogP contribution in [0.1, 0.15) is 13.8 Å². The van der Waals surface area contributed by atoms with E-state index in [1.54, 1.807) is 38.1 Å². The molecule has 0 unspecified atom stereocenters. The van der Waals surface area contributed by atoms with E-state index < -0.39 is 9.84 Å². The van der Waals surface area contributed by atoms with Crippen LogP contribution >= 0.6 is 0 Å². The van der Waals surface area contributed by atoms with Gasteiger partial charge in [0, 0.05) is 0 Å². The largest absolute Gasteiger partial charge is 0.218 e. The summed E-state index contributed by atoms with van der Waals surface area (Å²) in [6, 6.07) is 9.69. The molecule has 1 aromatic carbocycles. The zero-order chi connectivity index (χ0) is 11.5. The highest BCUT2D eigenvalue weighted by Crippen LogP contribution is 2.20. The molecule has 0 fully saturated rings. The first-order chi connectivity index (χ1) is 7.00. The Balaban J connectivity index is 3.41. The highest BCUT2D eigenvalue weighted by atomic mass is 32.2. The van der Waals surface area contributed by atoms with Crippen LogP contribution in [0.3, 0.4) is 0 Å². The first-order valence-electron chi connectivity index (χ1n) is 4.38. The van der Waals surface area contributed by atoms with Crippen molar-refractivity contribution in [2.45, 2.75) is 18.7 Å². The molecule has 3 nitrogen and oxygen atoms in total. The summed E-state index contributed by atoms with van der Waals surface area (Å²) >= 11 is 0. The Morgan fingerprint density at radius 2 is 1.73 bits per heavy atom. The second-order valence-corrected chi connectivity index (χ2v) is 5.14. The van der Waals surface area contributed by atoms with Crippen LogP contribution in [-0.2, 0) is 9.84 Å². The molecule has 0 radical (unpaired) electrons. The van der Waals surface area contributed by atoms with Gasteiger partial charge in [-0.2, -0.15) is 5.26 Å². The lowest BCUT2D eigenvalue weighted by Crippen LogP contribution is -2.04.